The second kappa shape index (κ2) is 6.66. The molecule has 24 heavy (non-hydrogen) atoms. The Kier molecular flexibility index (Phi) is 4.41. The number of aryl methyl sites for hydroxylation is 1. The van der Waals surface area contributed by atoms with Crippen LogP contribution in [0.3, 0.4) is 0 Å². The topological polar surface area (TPSA) is 56.2 Å². The highest BCUT2D eigenvalue weighted by atomic mass is 19.3. The number of nitrogens with zero attached hydrogens (tertiary/aromatic N) is 2. The molecule has 3 aromatic rings. The molecule has 1 amide bonds. The molecular weight excluding hydrogens is 316 g/mol. The molecule has 0 spiro atoms. The van der Waals surface area contributed by atoms with Crippen LogP contribution in [-0.2, 0) is 13.6 Å². The highest BCUT2D eigenvalue weighted by Crippen LogP contribution is 2.16. The van der Waals surface area contributed by atoms with Crippen molar-refractivity contribution in [2.45, 2.75) is 13.2 Å². The first-order chi connectivity index (χ1) is 11.5. The largest absolute Gasteiger partial charge is 0.435 e. The number of amides is 1. The van der Waals surface area contributed by atoms with E-state index in [1.807, 2.05) is 35.9 Å². The van der Waals surface area contributed by atoms with Crippen LogP contribution < -0.4 is 10.1 Å². The number of carbonyl (C=O) groups excluding carboxylic acids is 1. The molecule has 0 saturated carbocycles. The summed E-state index contributed by atoms with van der Waals surface area (Å²) in [6, 6.07) is 13.2. The minimum Gasteiger partial charge on any atom is -0.435 e. The number of ether oxygens (including phenoxy) is 1. The molecule has 0 radical (unpaired) electrons. The summed E-state index contributed by atoms with van der Waals surface area (Å²) in [5, 5.41) is 2.77. The van der Waals surface area contributed by atoms with Gasteiger partial charge in [-0.3, -0.25) is 4.79 Å². The minimum atomic E-state index is -2.89. The Morgan fingerprint density at radius 2 is 1.92 bits per heavy atom. The predicted octanol–water partition coefficient (Wildman–Crippen LogP) is 3.10. The summed E-state index contributed by atoms with van der Waals surface area (Å²) >= 11 is 0. The van der Waals surface area contributed by atoms with Crippen molar-refractivity contribution in [3.8, 4) is 5.75 Å². The molecule has 0 bridgehead atoms. The van der Waals surface area contributed by atoms with Gasteiger partial charge < -0.3 is 14.6 Å². The molecular formula is C17H15F2N3O2. The zero-order valence-corrected chi connectivity index (χ0v) is 12.9. The maximum absolute atomic E-state index is 12.1. The van der Waals surface area contributed by atoms with Gasteiger partial charge in [0.2, 0.25) is 0 Å². The summed E-state index contributed by atoms with van der Waals surface area (Å²) in [5.41, 5.74) is 2.20. The number of nitrogens with one attached hydrogen (secondary N) is 1. The molecule has 0 atom stereocenters. The number of benzene rings is 2. The summed E-state index contributed by atoms with van der Waals surface area (Å²) in [7, 11) is 1.88. The first-order valence-corrected chi connectivity index (χ1v) is 7.28. The monoisotopic (exact) mass is 331 g/mol. The molecule has 1 heterocycles. The first kappa shape index (κ1) is 15.9. The van der Waals surface area contributed by atoms with E-state index in [2.05, 4.69) is 15.0 Å². The maximum Gasteiger partial charge on any atom is 0.387 e. The minimum absolute atomic E-state index is 0.0110. The number of hydrogen-bond donors (Lipinski definition) is 1. The van der Waals surface area contributed by atoms with E-state index < -0.39 is 6.61 Å². The van der Waals surface area contributed by atoms with Crippen molar-refractivity contribution < 1.29 is 18.3 Å². The lowest BCUT2D eigenvalue weighted by atomic mass is 10.2. The molecule has 1 aromatic heterocycles. The number of hydrogen-bond acceptors (Lipinski definition) is 3. The highest BCUT2D eigenvalue weighted by molar-refractivity contribution is 5.94. The Bertz CT molecular complexity index is 860. The van der Waals surface area contributed by atoms with Crippen molar-refractivity contribution >= 4 is 16.9 Å². The standard InChI is InChI=1S/C17H15F2N3O2/c1-22-14-5-3-2-4-13(14)21-15(22)10-20-16(23)11-6-8-12(9-7-11)24-17(18)19/h2-9,17H,10H2,1H3,(H,20,23). The number of carbonyl (C=O) groups is 1. The normalized spacial score (nSPS) is 11.0. The average Bonchev–Trinajstić information content (AvgIpc) is 2.89. The van der Waals surface area contributed by atoms with Crippen LogP contribution in [0.25, 0.3) is 11.0 Å². The van der Waals surface area contributed by atoms with Gasteiger partial charge in [-0.2, -0.15) is 8.78 Å². The second-order valence-corrected chi connectivity index (χ2v) is 5.16. The Morgan fingerprint density at radius 3 is 2.58 bits per heavy atom. The van der Waals surface area contributed by atoms with E-state index in [1.165, 1.54) is 24.3 Å². The summed E-state index contributed by atoms with van der Waals surface area (Å²) in [5.74, 6) is 0.421. The summed E-state index contributed by atoms with van der Waals surface area (Å²) < 4.78 is 30.4. The van der Waals surface area contributed by atoms with Crippen molar-refractivity contribution in [2.75, 3.05) is 0 Å². The van der Waals surface area contributed by atoms with Crippen molar-refractivity contribution in [1.82, 2.24) is 14.9 Å². The SMILES string of the molecule is Cn1c(CNC(=O)c2ccc(OC(F)F)cc2)nc2ccccc21. The zero-order valence-electron chi connectivity index (χ0n) is 12.9. The summed E-state index contributed by atoms with van der Waals surface area (Å²) in [6.07, 6.45) is 0. The highest BCUT2D eigenvalue weighted by Gasteiger charge is 2.11. The van der Waals surface area contributed by atoms with Crippen molar-refractivity contribution in [2.24, 2.45) is 7.05 Å². The Labute approximate surface area is 136 Å². The molecule has 2 aromatic carbocycles. The van der Waals surface area contributed by atoms with E-state index in [9.17, 15) is 13.6 Å². The van der Waals surface area contributed by atoms with Crippen LogP contribution in [0.2, 0.25) is 0 Å². The van der Waals surface area contributed by atoms with Gasteiger partial charge in [0.1, 0.15) is 11.6 Å². The van der Waals surface area contributed by atoms with Gasteiger partial charge in [0.05, 0.1) is 17.6 Å². The number of fused-ring (bicyclic) bond motifs is 1. The molecule has 0 fully saturated rings. The van der Waals surface area contributed by atoms with Crippen molar-refractivity contribution in [3.63, 3.8) is 0 Å². The van der Waals surface area contributed by atoms with Crippen molar-refractivity contribution in [1.29, 1.82) is 0 Å². The van der Waals surface area contributed by atoms with Gasteiger partial charge in [-0.15, -0.1) is 0 Å². The third-order valence-electron chi connectivity index (χ3n) is 3.63. The third kappa shape index (κ3) is 3.34. The molecule has 7 heteroatoms. The van der Waals surface area contributed by atoms with Crippen LogP contribution in [0.4, 0.5) is 8.78 Å². The smallest absolute Gasteiger partial charge is 0.387 e. The van der Waals surface area contributed by atoms with Gasteiger partial charge in [-0.05, 0) is 36.4 Å². The van der Waals surface area contributed by atoms with E-state index in [-0.39, 0.29) is 18.2 Å². The van der Waals surface area contributed by atoms with Gasteiger partial charge in [0.15, 0.2) is 0 Å². The van der Waals surface area contributed by atoms with E-state index in [0.717, 1.165) is 16.9 Å². The molecule has 3 rings (SSSR count). The molecule has 5 nitrogen and oxygen atoms in total. The van der Waals surface area contributed by atoms with E-state index in [4.69, 9.17) is 0 Å². The maximum atomic E-state index is 12.1. The zero-order chi connectivity index (χ0) is 17.1. The van der Waals surface area contributed by atoms with Crippen molar-refractivity contribution in [3.05, 3.63) is 59.9 Å². The average molecular weight is 331 g/mol. The third-order valence-corrected chi connectivity index (χ3v) is 3.63. The lowest BCUT2D eigenvalue weighted by molar-refractivity contribution is -0.0498. The van der Waals surface area contributed by atoms with E-state index in [1.54, 1.807) is 0 Å². The fourth-order valence-corrected chi connectivity index (χ4v) is 2.40. The molecule has 0 saturated heterocycles. The number of para-hydroxylation sites is 2. The number of aromatic nitrogens is 2. The second-order valence-electron chi connectivity index (χ2n) is 5.16. The van der Waals surface area contributed by atoms with Crippen LogP contribution in [0.5, 0.6) is 5.75 Å². The summed E-state index contributed by atoms with van der Waals surface area (Å²) in [4.78, 5) is 16.6. The fraction of sp³-hybridized carbons (Fsp3) is 0.176. The summed E-state index contributed by atoms with van der Waals surface area (Å²) in [6.45, 7) is -2.62. The number of imidazole rings is 1. The van der Waals surface area contributed by atoms with Gasteiger partial charge in [0.25, 0.3) is 5.91 Å². The van der Waals surface area contributed by atoms with Crippen LogP contribution in [0.15, 0.2) is 48.5 Å². The van der Waals surface area contributed by atoms with Crippen LogP contribution in [0.1, 0.15) is 16.2 Å². The van der Waals surface area contributed by atoms with Crippen LogP contribution in [0, 0.1) is 0 Å². The molecule has 0 aliphatic rings. The lowest BCUT2D eigenvalue weighted by Crippen LogP contribution is -2.24. The molecule has 1 N–H and O–H groups in total. The van der Waals surface area contributed by atoms with Crippen LogP contribution in [-0.4, -0.2) is 22.1 Å². The molecule has 0 aliphatic carbocycles. The number of rotatable bonds is 5. The van der Waals surface area contributed by atoms with Crippen LogP contribution >= 0.6 is 0 Å². The quantitative estimate of drug-likeness (QED) is 0.781. The van der Waals surface area contributed by atoms with E-state index >= 15 is 0 Å². The van der Waals surface area contributed by atoms with E-state index in [0.29, 0.717) is 5.56 Å². The molecule has 124 valence electrons. The first-order valence-electron chi connectivity index (χ1n) is 7.28. The van der Waals surface area contributed by atoms with Gasteiger partial charge in [-0.25, -0.2) is 4.98 Å². The fourth-order valence-electron chi connectivity index (χ4n) is 2.40. The number of alkyl halides is 2. The Morgan fingerprint density at radius 1 is 1.21 bits per heavy atom. The van der Waals surface area contributed by atoms with Gasteiger partial charge >= 0.3 is 6.61 Å². The molecule has 0 unspecified atom stereocenters. The molecule has 0 aliphatic heterocycles. The Hall–Kier alpha value is -2.96. The predicted molar refractivity (Wildman–Crippen MR) is 85.0 cm³/mol. The lowest BCUT2D eigenvalue weighted by Gasteiger charge is -2.07. The number of halogens is 2. The van der Waals surface area contributed by atoms with Gasteiger partial charge in [-0.1, -0.05) is 12.1 Å². The Balaban J connectivity index is 1.67. The van der Waals surface area contributed by atoms with Gasteiger partial charge in [0, 0.05) is 12.6 Å².